The van der Waals surface area contributed by atoms with Gasteiger partial charge in [-0.25, -0.2) is 0 Å². The number of ether oxygens (including phenoxy) is 1. The standard InChI is InChI=1S/C17H18OS/c1-3-17(15-10-7-11-16(12-15)18-2)19-13-14-8-5-4-6-9-14/h3-12,17H,1,13H2,2H3/t17-/m0/s1. The molecule has 0 fully saturated rings. The summed E-state index contributed by atoms with van der Waals surface area (Å²) < 4.78 is 5.27. The van der Waals surface area contributed by atoms with Crippen molar-refractivity contribution in [2.24, 2.45) is 0 Å². The van der Waals surface area contributed by atoms with E-state index in [1.807, 2.05) is 36.0 Å². The number of hydrogen-bond acceptors (Lipinski definition) is 2. The van der Waals surface area contributed by atoms with Gasteiger partial charge in [0.15, 0.2) is 0 Å². The SMILES string of the molecule is C=C[C@H](SCc1ccccc1)c1cccc(OC)c1. The molecule has 0 heterocycles. The zero-order chi connectivity index (χ0) is 13.5. The number of methoxy groups -OCH3 is 1. The zero-order valence-electron chi connectivity index (χ0n) is 11.1. The maximum atomic E-state index is 5.27. The van der Waals surface area contributed by atoms with E-state index in [1.165, 1.54) is 11.1 Å². The summed E-state index contributed by atoms with van der Waals surface area (Å²) >= 11 is 1.87. The summed E-state index contributed by atoms with van der Waals surface area (Å²) in [5.41, 5.74) is 2.57. The molecule has 2 heteroatoms. The molecule has 2 aromatic rings. The molecule has 0 amide bonds. The van der Waals surface area contributed by atoms with Gasteiger partial charge in [-0.05, 0) is 23.3 Å². The Morgan fingerprint density at radius 1 is 1.16 bits per heavy atom. The second-order valence-electron chi connectivity index (χ2n) is 4.23. The summed E-state index contributed by atoms with van der Waals surface area (Å²) in [5.74, 6) is 1.87. The molecule has 2 aromatic carbocycles. The number of hydrogen-bond donors (Lipinski definition) is 0. The van der Waals surface area contributed by atoms with E-state index in [-0.39, 0.29) is 5.25 Å². The monoisotopic (exact) mass is 270 g/mol. The van der Waals surface area contributed by atoms with E-state index in [9.17, 15) is 0 Å². The molecule has 0 aliphatic heterocycles. The molecular weight excluding hydrogens is 252 g/mol. The van der Waals surface area contributed by atoms with Crippen LogP contribution in [0.1, 0.15) is 16.4 Å². The molecule has 0 spiro atoms. The lowest BCUT2D eigenvalue weighted by Crippen LogP contribution is -1.92. The van der Waals surface area contributed by atoms with Gasteiger partial charge in [0.25, 0.3) is 0 Å². The summed E-state index contributed by atoms with van der Waals surface area (Å²) in [6.45, 7) is 3.94. The molecule has 1 atom stereocenters. The molecule has 0 N–H and O–H groups in total. The Morgan fingerprint density at radius 3 is 2.63 bits per heavy atom. The quantitative estimate of drug-likeness (QED) is 0.693. The summed E-state index contributed by atoms with van der Waals surface area (Å²) in [7, 11) is 1.69. The minimum Gasteiger partial charge on any atom is -0.497 e. The maximum absolute atomic E-state index is 5.27. The fraction of sp³-hybridized carbons (Fsp3) is 0.176. The van der Waals surface area contributed by atoms with Gasteiger partial charge < -0.3 is 4.74 Å². The first-order chi connectivity index (χ1) is 9.33. The molecule has 0 bridgehead atoms. The van der Waals surface area contributed by atoms with Gasteiger partial charge in [0.2, 0.25) is 0 Å². The van der Waals surface area contributed by atoms with Crippen LogP contribution in [0.2, 0.25) is 0 Å². The highest BCUT2D eigenvalue weighted by molar-refractivity contribution is 7.98. The van der Waals surface area contributed by atoms with Crippen molar-refractivity contribution in [1.29, 1.82) is 0 Å². The molecule has 19 heavy (non-hydrogen) atoms. The normalized spacial score (nSPS) is 11.8. The van der Waals surface area contributed by atoms with Crippen LogP contribution in [0.4, 0.5) is 0 Å². The highest BCUT2D eigenvalue weighted by Crippen LogP contribution is 2.33. The molecule has 0 saturated heterocycles. The molecule has 0 radical (unpaired) electrons. The van der Waals surface area contributed by atoms with Crippen LogP contribution in [0.15, 0.2) is 67.3 Å². The van der Waals surface area contributed by atoms with E-state index >= 15 is 0 Å². The van der Waals surface area contributed by atoms with Gasteiger partial charge >= 0.3 is 0 Å². The minimum atomic E-state index is 0.287. The molecule has 1 nitrogen and oxygen atoms in total. The lowest BCUT2D eigenvalue weighted by molar-refractivity contribution is 0.414. The minimum absolute atomic E-state index is 0.287. The fourth-order valence-corrected chi connectivity index (χ4v) is 2.92. The average molecular weight is 270 g/mol. The Kier molecular flexibility index (Phi) is 5.10. The maximum Gasteiger partial charge on any atom is 0.119 e. The van der Waals surface area contributed by atoms with E-state index in [0.717, 1.165) is 11.5 Å². The Morgan fingerprint density at radius 2 is 1.95 bits per heavy atom. The summed E-state index contributed by atoms with van der Waals surface area (Å²) in [6.07, 6.45) is 1.99. The third-order valence-corrected chi connectivity index (χ3v) is 4.23. The highest BCUT2D eigenvalue weighted by Gasteiger charge is 2.09. The third-order valence-electron chi connectivity index (χ3n) is 2.91. The van der Waals surface area contributed by atoms with Crippen molar-refractivity contribution in [2.45, 2.75) is 11.0 Å². The molecule has 98 valence electrons. The number of rotatable bonds is 6. The summed E-state index contributed by atoms with van der Waals surface area (Å²) in [5, 5.41) is 0.287. The molecule has 0 aliphatic rings. The summed E-state index contributed by atoms with van der Waals surface area (Å²) in [6, 6.07) is 18.7. The molecule has 2 rings (SSSR count). The fourth-order valence-electron chi connectivity index (χ4n) is 1.88. The van der Waals surface area contributed by atoms with Crippen LogP contribution in [0.3, 0.4) is 0 Å². The van der Waals surface area contributed by atoms with E-state index in [4.69, 9.17) is 4.74 Å². The van der Waals surface area contributed by atoms with Gasteiger partial charge in [-0.1, -0.05) is 48.5 Å². The lowest BCUT2D eigenvalue weighted by atomic mass is 10.1. The first kappa shape index (κ1) is 13.8. The van der Waals surface area contributed by atoms with Gasteiger partial charge in [-0.15, -0.1) is 18.3 Å². The third kappa shape index (κ3) is 3.90. The van der Waals surface area contributed by atoms with Crippen LogP contribution in [0.5, 0.6) is 5.75 Å². The molecule has 0 aliphatic carbocycles. The largest absolute Gasteiger partial charge is 0.497 e. The zero-order valence-corrected chi connectivity index (χ0v) is 11.9. The Hall–Kier alpha value is -1.67. The lowest BCUT2D eigenvalue weighted by Gasteiger charge is -2.13. The predicted octanol–water partition coefficient (Wildman–Crippen LogP) is 4.86. The first-order valence-electron chi connectivity index (χ1n) is 6.25. The van der Waals surface area contributed by atoms with Crippen LogP contribution in [0, 0.1) is 0 Å². The number of benzene rings is 2. The molecule has 0 unspecified atom stereocenters. The van der Waals surface area contributed by atoms with Crippen LogP contribution in [-0.2, 0) is 5.75 Å². The van der Waals surface area contributed by atoms with Crippen LogP contribution < -0.4 is 4.74 Å². The van der Waals surface area contributed by atoms with Crippen molar-refractivity contribution in [1.82, 2.24) is 0 Å². The van der Waals surface area contributed by atoms with E-state index in [1.54, 1.807) is 7.11 Å². The Balaban J connectivity index is 2.05. The average Bonchev–Trinajstić information content (AvgIpc) is 2.49. The van der Waals surface area contributed by atoms with E-state index in [0.29, 0.717) is 0 Å². The van der Waals surface area contributed by atoms with Crippen LogP contribution in [0.25, 0.3) is 0 Å². The molecule has 0 saturated carbocycles. The van der Waals surface area contributed by atoms with Crippen LogP contribution in [-0.4, -0.2) is 7.11 Å². The molecular formula is C17H18OS. The predicted molar refractivity (Wildman–Crippen MR) is 83.7 cm³/mol. The van der Waals surface area contributed by atoms with E-state index in [2.05, 4.69) is 43.0 Å². The van der Waals surface area contributed by atoms with Crippen molar-refractivity contribution in [3.63, 3.8) is 0 Å². The highest BCUT2D eigenvalue weighted by atomic mass is 32.2. The first-order valence-corrected chi connectivity index (χ1v) is 7.30. The number of thioether (sulfide) groups is 1. The van der Waals surface area contributed by atoms with Crippen molar-refractivity contribution >= 4 is 11.8 Å². The van der Waals surface area contributed by atoms with Crippen molar-refractivity contribution in [3.05, 3.63) is 78.4 Å². The van der Waals surface area contributed by atoms with Gasteiger partial charge in [0, 0.05) is 11.0 Å². The van der Waals surface area contributed by atoms with Crippen molar-refractivity contribution in [2.75, 3.05) is 7.11 Å². The second-order valence-corrected chi connectivity index (χ2v) is 5.36. The smallest absolute Gasteiger partial charge is 0.119 e. The molecule has 0 aromatic heterocycles. The Labute approximate surface area is 119 Å². The van der Waals surface area contributed by atoms with Gasteiger partial charge in [-0.2, -0.15) is 0 Å². The summed E-state index contributed by atoms with van der Waals surface area (Å²) in [4.78, 5) is 0. The van der Waals surface area contributed by atoms with Gasteiger partial charge in [0.1, 0.15) is 5.75 Å². The second kappa shape index (κ2) is 7.05. The van der Waals surface area contributed by atoms with Crippen LogP contribution >= 0.6 is 11.8 Å². The Bertz CT molecular complexity index is 522. The van der Waals surface area contributed by atoms with Crippen molar-refractivity contribution in [3.8, 4) is 5.75 Å². The topological polar surface area (TPSA) is 9.23 Å². The van der Waals surface area contributed by atoms with Gasteiger partial charge in [-0.3, -0.25) is 0 Å². The van der Waals surface area contributed by atoms with Crippen molar-refractivity contribution < 1.29 is 4.74 Å². The van der Waals surface area contributed by atoms with E-state index < -0.39 is 0 Å². The van der Waals surface area contributed by atoms with Gasteiger partial charge in [0.05, 0.1) is 7.11 Å².